The van der Waals surface area contributed by atoms with Crippen molar-refractivity contribution in [3.05, 3.63) is 57.4 Å². The normalized spacial score (nSPS) is 24.3. The van der Waals surface area contributed by atoms with Crippen LogP contribution in [0, 0.1) is 11.8 Å². The first-order chi connectivity index (χ1) is 14.7. The summed E-state index contributed by atoms with van der Waals surface area (Å²) in [5.41, 5.74) is 2.89. The third-order valence-corrected chi connectivity index (χ3v) is 6.30. The fourth-order valence-electron chi connectivity index (χ4n) is 4.27. The molecule has 0 amide bonds. The number of halogens is 1. The highest BCUT2D eigenvalue weighted by atomic mass is 35.5. The Morgan fingerprint density at radius 3 is 2.48 bits per heavy atom. The number of allylic oxidation sites excluding steroid dienone is 3. The summed E-state index contributed by atoms with van der Waals surface area (Å²) in [7, 11) is 1.28. The van der Waals surface area contributed by atoms with Crippen LogP contribution < -0.4 is 5.32 Å². The van der Waals surface area contributed by atoms with Gasteiger partial charge in [0.2, 0.25) is 0 Å². The Morgan fingerprint density at radius 1 is 1.26 bits per heavy atom. The molecule has 6 nitrogen and oxygen atoms in total. The predicted molar refractivity (Wildman–Crippen MR) is 117 cm³/mol. The zero-order valence-electron chi connectivity index (χ0n) is 18.5. The molecule has 0 spiro atoms. The van der Waals surface area contributed by atoms with Crippen LogP contribution in [0.5, 0.6) is 0 Å². The van der Waals surface area contributed by atoms with Crippen LogP contribution in [-0.2, 0) is 23.9 Å². The Hall–Kier alpha value is -2.60. The highest BCUT2D eigenvalue weighted by Crippen LogP contribution is 2.45. The molecule has 3 rings (SSSR count). The maximum Gasteiger partial charge on any atom is 0.337 e. The molecule has 1 N–H and O–H groups in total. The first-order valence-corrected chi connectivity index (χ1v) is 10.9. The molecule has 0 radical (unpaired) electrons. The standard InChI is InChI=1S/C24H28ClNO5/c1-6-13(3)31-24(29)19-14(4)26-17-11-12(2)18(23(28)30-5)22(27)21(17)20(19)15-7-9-16(25)10-8-15/h7-10,12-13,18,20,26H,6,11H2,1-5H3/t12-,13-,18-,20-/m1/s1. The van der Waals surface area contributed by atoms with Crippen LogP contribution in [0.15, 0.2) is 46.8 Å². The number of methoxy groups -OCH3 is 1. The molecule has 1 aromatic rings. The second-order valence-electron chi connectivity index (χ2n) is 8.21. The molecule has 4 atom stereocenters. The quantitative estimate of drug-likeness (QED) is 0.537. The van der Waals surface area contributed by atoms with Gasteiger partial charge in [-0.15, -0.1) is 0 Å². The maximum atomic E-state index is 13.6. The molecular weight excluding hydrogens is 418 g/mol. The number of ether oxygens (including phenoxy) is 2. The summed E-state index contributed by atoms with van der Waals surface area (Å²) in [5, 5.41) is 3.80. The van der Waals surface area contributed by atoms with Gasteiger partial charge in [-0.3, -0.25) is 9.59 Å². The molecule has 0 unspecified atom stereocenters. The van der Waals surface area contributed by atoms with E-state index in [1.807, 2.05) is 20.8 Å². The van der Waals surface area contributed by atoms with Gasteiger partial charge in [-0.05, 0) is 50.3 Å². The van der Waals surface area contributed by atoms with Gasteiger partial charge in [-0.25, -0.2) is 4.79 Å². The number of carbonyl (C=O) groups is 3. The number of hydrogen-bond acceptors (Lipinski definition) is 6. The van der Waals surface area contributed by atoms with Gasteiger partial charge < -0.3 is 14.8 Å². The monoisotopic (exact) mass is 445 g/mol. The average Bonchev–Trinajstić information content (AvgIpc) is 2.72. The zero-order valence-corrected chi connectivity index (χ0v) is 19.2. The van der Waals surface area contributed by atoms with Crippen molar-refractivity contribution in [1.29, 1.82) is 0 Å². The average molecular weight is 446 g/mol. The number of dihydropyridines is 1. The number of hydrogen-bond donors (Lipinski definition) is 1. The minimum absolute atomic E-state index is 0.224. The van der Waals surface area contributed by atoms with Crippen molar-refractivity contribution in [2.75, 3.05) is 7.11 Å². The number of ketones is 1. The van der Waals surface area contributed by atoms with E-state index in [0.29, 0.717) is 34.7 Å². The molecule has 0 saturated carbocycles. The van der Waals surface area contributed by atoms with E-state index < -0.39 is 23.8 Å². The van der Waals surface area contributed by atoms with Crippen LogP contribution in [0.4, 0.5) is 0 Å². The smallest absolute Gasteiger partial charge is 0.337 e. The summed E-state index contributed by atoms with van der Waals surface area (Å²) in [4.78, 5) is 39.2. The number of nitrogens with one attached hydrogen (secondary N) is 1. The molecule has 0 fully saturated rings. The number of rotatable bonds is 5. The van der Waals surface area contributed by atoms with E-state index >= 15 is 0 Å². The molecule has 31 heavy (non-hydrogen) atoms. The minimum atomic E-state index is -0.911. The van der Waals surface area contributed by atoms with Crippen LogP contribution in [0.25, 0.3) is 0 Å². The minimum Gasteiger partial charge on any atom is -0.468 e. The van der Waals surface area contributed by atoms with Gasteiger partial charge in [0.25, 0.3) is 0 Å². The van der Waals surface area contributed by atoms with E-state index in [-0.39, 0.29) is 17.8 Å². The van der Waals surface area contributed by atoms with E-state index in [1.54, 1.807) is 31.2 Å². The summed E-state index contributed by atoms with van der Waals surface area (Å²) in [5.74, 6) is -3.16. The Balaban J connectivity index is 2.15. The van der Waals surface area contributed by atoms with Gasteiger partial charge >= 0.3 is 11.9 Å². The molecule has 166 valence electrons. The van der Waals surface area contributed by atoms with E-state index in [9.17, 15) is 14.4 Å². The van der Waals surface area contributed by atoms with E-state index in [2.05, 4.69) is 5.32 Å². The summed E-state index contributed by atoms with van der Waals surface area (Å²) in [6, 6.07) is 7.04. The lowest BCUT2D eigenvalue weighted by atomic mass is 9.69. The van der Waals surface area contributed by atoms with Gasteiger partial charge in [0, 0.05) is 27.9 Å². The molecule has 1 aromatic carbocycles. The Bertz CT molecular complexity index is 963. The molecule has 1 heterocycles. The highest BCUT2D eigenvalue weighted by Gasteiger charge is 2.47. The second-order valence-corrected chi connectivity index (χ2v) is 8.65. The van der Waals surface area contributed by atoms with E-state index in [0.717, 1.165) is 11.3 Å². The van der Waals surface area contributed by atoms with Crippen molar-refractivity contribution in [1.82, 2.24) is 5.32 Å². The van der Waals surface area contributed by atoms with Crippen LogP contribution in [0.3, 0.4) is 0 Å². The molecular formula is C24H28ClNO5. The fourth-order valence-corrected chi connectivity index (χ4v) is 4.40. The first kappa shape index (κ1) is 23.1. The lowest BCUT2D eigenvalue weighted by Crippen LogP contribution is -2.43. The van der Waals surface area contributed by atoms with Crippen LogP contribution >= 0.6 is 11.6 Å². The number of Topliss-reactive ketones (excluding diaryl/α,β-unsaturated/α-hetero) is 1. The molecule has 2 aliphatic rings. The van der Waals surface area contributed by atoms with Gasteiger partial charge in [0.1, 0.15) is 5.92 Å². The summed E-state index contributed by atoms with van der Waals surface area (Å²) in [6.45, 7) is 7.42. The SMILES string of the molecule is CC[C@@H](C)OC(=O)C1=C(C)NC2=C(C(=O)[C@H](C(=O)OC)[C@H](C)C2)[C@@H]1c1ccc(Cl)cc1. The summed E-state index contributed by atoms with van der Waals surface area (Å²) in [6.07, 6.45) is 0.904. The fraction of sp³-hybridized carbons (Fsp3) is 0.458. The zero-order chi connectivity index (χ0) is 22.9. The van der Waals surface area contributed by atoms with Crippen molar-refractivity contribution in [2.45, 2.75) is 52.6 Å². The predicted octanol–water partition coefficient (Wildman–Crippen LogP) is 4.29. The largest absolute Gasteiger partial charge is 0.468 e. The van der Waals surface area contributed by atoms with Crippen molar-refractivity contribution in [3.8, 4) is 0 Å². The van der Waals surface area contributed by atoms with Crippen molar-refractivity contribution >= 4 is 29.3 Å². The Labute approximate surface area is 187 Å². The third kappa shape index (κ3) is 4.40. The molecule has 0 bridgehead atoms. The topological polar surface area (TPSA) is 81.7 Å². The van der Waals surface area contributed by atoms with Crippen LogP contribution in [0.1, 0.15) is 52.0 Å². The number of carbonyl (C=O) groups excluding carboxylic acids is 3. The molecule has 0 saturated heterocycles. The maximum absolute atomic E-state index is 13.6. The van der Waals surface area contributed by atoms with Gasteiger partial charge in [0.15, 0.2) is 5.78 Å². The van der Waals surface area contributed by atoms with Crippen molar-refractivity contribution in [3.63, 3.8) is 0 Å². The number of benzene rings is 1. The van der Waals surface area contributed by atoms with Gasteiger partial charge in [-0.2, -0.15) is 0 Å². The van der Waals surface area contributed by atoms with Crippen molar-refractivity contribution < 1.29 is 23.9 Å². The third-order valence-electron chi connectivity index (χ3n) is 6.05. The molecule has 1 aliphatic carbocycles. The van der Waals surface area contributed by atoms with Gasteiger partial charge in [-0.1, -0.05) is 37.6 Å². The highest BCUT2D eigenvalue weighted by molar-refractivity contribution is 6.30. The summed E-state index contributed by atoms with van der Waals surface area (Å²) >= 11 is 6.08. The van der Waals surface area contributed by atoms with Gasteiger partial charge in [0.05, 0.1) is 18.8 Å². The van der Waals surface area contributed by atoms with E-state index in [4.69, 9.17) is 21.1 Å². The van der Waals surface area contributed by atoms with Crippen molar-refractivity contribution in [2.24, 2.45) is 11.8 Å². The van der Waals surface area contributed by atoms with Crippen LogP contribution in [-0.4, -0.2) is 30.9 Å². The summed E-state index contributed by atoms with van der Waals surface area (Å²) < 4.78 is 10.5. The number of esters is 2. The van der Waals surface area contributed by atoms with E-state index in [1.165, 1.54) is 7.11 Å². The Morgan fingerprint density at radius 2 is 1.90 bits per heavy atom. The molecule has 7 heteroatoms. The Kier molecular flexibility index (Phi) is 6.90. The second kappa shape index (κ2) is 9.27. The lowest BCUT2D eigenvalue weighted by Gasteiger charge is -2.38. The molecule has 1 aliphatic heterocycles. The first-order valence-electron chi connectivity index (χ1n) is 10.5. The molecule has 0 aromatic heterocycles. The lowest BCUT2D eigenvalue weighted by molar-refractivity contribution is -0.151. The van der Waals surface area contributed by atoms with Crippen LogP contribution in [0.2, 0.25) is 5.02 Å².